The lowest BCUT2D eigenvalue weighted by Crippen LogP contribution is -2.34. The van der Waals surface area contributed by atoms with Gasteiger partial charge in [-0.15, -0.1) is 0 Å². The average Bonchev–Trinajstić information content (AvgIpc) is 1.80. The zero-order valence-corrected chi connectivity index (χ0v) is 9.55. The van der Waals surface area contributed by atoms with Crippen molar-refractivity contribution in [2.75, 3.05) is 0 Å². The van der Waals surface area contributed by atoms with E-state index in [4.69, 9.17) is 0 Å². The Morgan fingerprint density at radius 2 is 1.62 bits per heavy atom. The molecular weight excluding hydrogens is 162 g/mol. The maximum atomic E-state index is 11.3. The van der Waals surface area contributed by atoms with Gasteiger partial charge in [0.15, 0.2) is 0 Å². The largest absolute Gasteiger partial charge is 0.354 e. The van der Waals surface area contributed by atoms with Crippen LogP contribution in [0.2, 0.25) is 0 Å². The summed E-state index contributed by atoms with van der Waals surface area (Å²) in [5.74, 6) is 1.28. The summed E-state index contributed by atoms with van der Waals surface area (Å²) in [5.41, 5.74) is 0. The summed E-state index contributed by atoms with van der Waals surface area (Å²) in [7, 11) is 0. The molecule has 0 aromatic heterocycles. The van der Waals surface area contributed by atoms with E-state index in [1.807, 2.05) is 0 Å². The van der Waals surface area contributed by atoms with Gasteiger partial charge in [0.2, 0.25) is 5.91 Å². The molecule has 0 radical (unpaired) electrons. The van der Waals surface area contributed by atoms with Crippen LogP contribution in [0.15, 0.2) is 0 Å². The van der Waals surface area contributed by atoms with E-state index in [-0.39, 0.29) is 5.91 Å². The maximum absolute atomic E-state index is 11.3. The molecule has 1 atom stereocenters. The van der Waals surface area contributed by atoms with E-state index < -0.39 is 0 Å². The van der Waals surface area contributed by atoms with Crippen LogP contribution in [0.3, 0.4) is 0 Å². The van der Waals surface area contributed by atoms with E-state index >= 15 is 0 Å². The number of nitrogens with one attached hydrogen (secondary N) is 1. The lowest BCUT2D eigenvalue weighted by molar-refractivity contribution is -0.122. The van der Waals surface area contributed by atoms with Crippen LogP contribution < -0.4 is 5.32 Å². The third kappa shape index (κ3) is 7.82. The van der Waals surface area contributed by atoms with Crippen molar-refractivity contribution in [3.05, 3.63) is 0 Å². The molecule has 0 saturated heterocycles. The predicted molar refractivity (Wildman–Crippen MR) is 56.5 cm³/mol. The highest BCUT2D eigenvalue weighted by atomic mass is 16.1. The van der Waals surface area contributed by atoms with Crippen LogP contribution in [0.1, 0.15) is 47.5 Å². The number of hydrogen-bond donors (Lipinski definition) is 1. The summed E-state index contributed by atoms with van der Waals surface area (Å²) in [6.45, 7) is 10.5. The summed E-state index contributed by atoms with van der Waals surface area (Å²) in [6.07, 6.45) is 1.70. The molecule has 1 amide bonds. The molecule has 2 heteroatoms. The van der Waals surface area contributed by atoms with E-state index in [1.54, 1.807) is 0 Å². The van der Waals surface area contributed by atoms with Gasteiger partial charge in [0.25, 0.3) is 0 Å². The molecule has 0 heterocycles. The van der Waals surface area contributed by atoms with Gasteiger partial charge in [-0.1, -0.05) is 27.7 Å². The fraction of sp³-hybridized carbons (Fsp3) is 0.909. The maximum Gasteiger partial charge on any atom is 0.220 e. The van der Waals surface area contributed by atoms with E-state index in [2.05, 4.69) is 39.9 Å². The van der Waals surface area contributed by atoms with Gasteiger partial charge in [-0.2, -0.15) is 0 Å². The highest BCUT2D eigenvalue weighted by Gasteiger charge is 2.09. The van der Waals surface area contributed by atoms with Gasteiger partial charge in [-0.25, -0.2) is 0 Å². The molecule has 0 unspecified atom stereocenters. The van der Waals surface area contributed by atoms with Crippen LogP contribution in [-0.4, -0.2) is 11.9 Å². The number of carbonyl (C=O) groups is 1. The molecule has 0 spiro atoms. The van der Waals surface area contributed by atoms with Gasteiger partial charge in [-0.05, 0) is 25.2 Å². The van der Waals surface area contributed by atoms with Crippen molar-refractivity contribution in [3.63, 3.8) is 0 Å². The van der Waals surface area contributed by atoms with Gasteiger partial charge in [0, 0.05) is 12.5 Å². The van der Waals surface area contributed by atoms with Crippen LogP contribution in [0.25, 0.3) is 0 Å². The van der Waals surface area contributed by atoms with Crippen molar-refractivity contribution in [2.45, 2.75) is 53.5 Å². The first kappa shape index (κ1) is 12.5. The lowest BCUT2D eigenvalue weighted by Gasteiger charge is -2.16. The first-order valence-corrected chi connectivity index (χ1v) is 5.21. The van der Waals surface area contributed by atoms with Gasteiger partial charge in [0.05, 0.1) is 0 Å². The highest BCUT2D eigenvalue weighted by molar-refractivity contribution is 5.76. The quantitative estimate of drug-likeness (QED) is 0.701. The first-order valence-electron chi connectivity index (χ1n) is 5.21. The monoisotopic (exact) mass is 185 g/mol. The molecule has 1 N–H and O–H groups in total. The zero-order valence-electron chi connectivity index (χ0n) is 9.55. The van der Waals surface area contributed by atoms with Gasteiger partial charge in [0.1, 0.15) is 0 Å². The van der Waals surface area contributed by atoms with Crippen molar-refractivity contribution in [1.29, 1.82) is 0 Å². The molecule has 0 aromatic carbocycles. The minimum atomic E-state index is 0.183. The summed E-state index contributed by atoms with van der Waals surface area (Å²) in [6, 6.07) is 0.311. The Morgan fingerprint density at radius 3 is 2.00 bits per heavy atom. The summed E-state index contributed by atoms with van der Waals surface area (Å²) in [4.78, 5) is 11.3. The van der Waals surface area contributed by atoms with Gasteiger partial charge < -0.3 is 5.32 Å². The highest BCUT2D eigenvalue weighted by Crippen LogP contribution is 2.05. The topological polar surface area (TPSA) is 29.1 Å². The van der Waals surface area contributed by atoms with Crippen molar-refractivity contribution in [1.82, 2.24) is 5.32 Å². The number of carbonyl (C=O) groups excluding carboxylic acids is 1. The predicted octanol–water partition coefficient (Wildman–Crippen LogP) is 2.58. The minimum absolute atomic E-state index is 0.183. The smallest absolute Gasteiger partial charge is 0.220 e. The van der Waals surface area contributed by atoms with Crippen LogP contribution in [0, 0.1) is 11.8 Å². The lowest BCUT2D eigenvalue weighted by atomic mass is 10.0. The molecule has 13 heavy (non-hydrogen) atoms. The second-order valence-electron chi connectivity index (χ2n) is 4.70. The molecule has 0 saturated carbocycles. The molecule has 0 bridgehead atoms. The summed E-state index contributed by atoms with van der Waals surface area (Å²) < 4.78 is 0. The summed E-state index contributed by atoms with van der Waals surface area (Å²) in [5, 5.41) is 3.00. The Kier molecular flexibility index (Phi) is 5.76. The number of rotatable bonds is 5. The second kappa shape index (κ2) is 6.01. The molecule has 2 nitrogen and oxygen atoms in total. The molecular formula is C11H23NO. The molecule has 0 fully saturated rings. The zero-order chi connectivity index (χ0) is 10.4. The normalized spacial score (nSPS) is 13.5. The molecule has 0 aromatic rings. The van der Waals surface area contributed by atoms with Crippen molar-refractivity contribution in [3.8, 4) is 0 Å². The van der Waals surface area contributed by atoms with E-state index in [9.17, 15) is 4.79 Å². The molecule has 0 aliphatic heterocycles. The van der Waals surface area contributed by atoms with Crippen LogP contribution >= 0.6 is 0 Å². The Labute approximate surface area is 82.1 Å². The molecule has 78 valence electrons. The fourth-order valence-electron chi connectivity index (χ4n) is 1.47. The van der Waals surface area contributed by atoms with Crippen molar-refractivity contribution >= 4 is 5.91 Å². The van der Waals surface area contributed by atoms with Crippen LogP contribution in [0.4, 0.5) is 0 Å². The van der Waals surface area contributed by atoms with Gasteiger partial charge in [-0.3, -0.25) is 4.79 Å². The Hall–Kier alpha value is -0.530. The van der Waals surface area contributed by atoms with E-state index in [1.165, 1.54) is 0 Å². The fourth-order valence-corrected chi connectivity index (χ4v) is 1.47. The number of hydrogen-bond acceptors (Lipinski definition) is 1. The second-order valence-corrected chi connectivity index (χ2v) is 4.70. The SMILES string of the molecule is CC(C)CC(=O)N[C@H](C)CC(C)C. The molecule has 0 aliphatic carbocycles. The Balaban J connectivity index is 3.65. The van der Waals surface area contributed by atoms with Gasteiger partial charge >= 0.3 is 0 Å². The van der Waals surface area contributed by atoms with Crippen LogP contribution in [0.5, 0.6) is 0 Å². The van der Waals surface area contributed by atoms with Crippen molar-refractivity contribution in [2.24, 2.45) is 11.8 Å². The molecule has 0 rings (SSSR count). The third-order valence-corrected chi connectivity index (χ3v) is 1.83. The average molecular weight is 185 g/mol. The van der Waals surface area contributed by atoms with E-state index in [0.29, 0.717) is 24.3 Å². The minimum Gasteiger partial charge on any atom is -0.354 e. The standard InChI is InChI=1S/C11H23NO/c1-8(2)6-10(5)12-11(13)7-9(3)4/h8-10H,6-7H2,1-5H3,(H,12,13)/t10-/m1/s1. The van der Waals surface area contributed by atoms with E-state index in [0.717, 1.165) is 6.42 Å². The van der Waals surface area contributed by atoms with Crippen LogP contribution in [-0.2, 0) is 4.79 Å². The molecule has 0 aliphatic rings. The Morgan fingerprint density at radius 1 is 1.08 bits per heavy atom. The third-order valence-electron chi connectivity index (χ3n) is 1.83. The first-order chi connectivity index (χ1) is 5.91. The summed E-state index contributed by atoms with van der Waals surface area (Å²) >= 11 is 0. The number of amides is 1. The Bertz CT molecular complexity index is 152. The van der Waals surface area contributed by atoms with Crippen molar-refractivity contribution < 1.29 is 4.79 Å².